The first-order valence-electron chi connectivity index (χ1n) is 6.46. The number of nitrogens with zero attached hydrogens (tertiary/aromatic N) is 1. The first-order chi connectivity index (χ1) is 7.79. The van der Waals surface area contributed by atoms with E-state index in [1.165, 1.54) is 19.3 Å². The summed E-state index contributed by atoms with van der Waals surface area (Å²) in [4.78, 5) is 14.4. The quantitative estimate of drug-likeness (QED) is 0.683. The maximum atomic E-state index is 12.4. The molecule has 90 valence electrons. The Bertz CT molecular complexity index is 269. The van der Waals surface area contributed by atoms with Crippen molar-refractivity contribution < 1.29 is 4.79 Å². The molecule has 0 bridgehead atoms. The predicted octanol–water partition coefficient (Wildman–Crippen LogP) is 1.55. The van der Waals surface area contributed by atoms with Crippen LogP contribution in [0.1, 0.15) is 32.6 Å². The van der Waals surface area contributed by atoms with Gasteiger partial charge in [-0.2, -0.15) is 0 Å². The molecule has 0 radical (unpaired) electrons. The van der Waals surface area contributed by atoms with Gasteiger partial charge in [-0.15, -0.1) is 0 Å². The summed E-state index contributed by atoms with van der Waals surface area (Å²) in [5, 5.41) is 3.38. The van der Waals surface area contributed by atoms with Gasteiger partial charge in [0.1, 0.15) is 0 Å². The van der Waals surface area contributed by atoms with E-state index >= 15 is 0 Å². The number of carbonyl (C=O) groups excluding carboxylic acids is 1. The molecule has 3 heteroatoms. The van der Waals surface area contributed by atoms with E-state index in [-0.39, 0.29) is 5.92 Å². The number of carbonyl (C=O) groups is 1. The first-order valence-corrected chi connectivity index (χ1v) is 6.46. The fourth-order valence-corrected chi connectivity index (χ4v) is 2.59. The standard InChI is InChI=1S/C13H22N2O/c1-11-12(7-3-4-8-14-11)13(16)15-9-5-2-6-10-15/h3-4,11-12,14H,2,5-10H2,1H3/t11-,12-/m0/s1. The lowest BCUT2D eigenvalue weighted by Gasteiger charge is -2.32. The average molecular weight is 222 g/mol. The fourth-order valence-electron chi connectivity index (χ4n) is 2.59. The van der Waals surface area contributed by atoms with Crippen LogP contribution < -0.4 is 5.32 Å². The number of allylic oxidation sites excluding steroid dienone is 1. The van der Waals surface area contributed by atoms with Crippen LogP contribution in [0.3, 0.4) is 0 Å². The summed E-state index contributed by atoms with van der Waals surface area (Å²) in [5.41, 5.74) is 0. The Morgan fingerprint density at radius 1 is 1.25 bits per heavy atom. The number of likely N-dealkylation sites (tertiary alicyclic amines) is 1. The Morgan fingerprint density at radius 3 is 2.75 bits per heavy atom. The molecule has 2 aliphatic rings. The number of nitrogens with one attached hydrogen (secondary N) is 1. The molecule has 0 unspecified atom stereocenters. The van der Waals surface area contributed by atoms with Crippen molar-refractivity contribution in [2.45, 2.75) is 38.6 Å². The maximum absolute atomic E-state index is 12.4. The van der Waals surface area contributed by atoms with Gasteiger partial charge in [0, 0.05) is 25.7 Å². The minimum atomic E-state index is 0.136. The Kier molecular flexibility index (Phi) is 3.99. The molecule has 16 heavy (non-hydrogen) atoms. The third-order valence-corrected chi connectivity index (χ3v) is 3.70. The average Bonchev–Trinajstić information content (AvgIpc) is 2.54. The molecular weight excluding hydrogens is 200 g/mol. The van der Waals surface area contributed by atoms with Crippen LogP contribution in [0.25, 0.3) is 0 Å². The lowest BCUT2D eigenvalue weighted by molar-refractivity contribution is -0.137. The third-order valence-electron chi connectivity index (χ3n) is 3.70. The van der Waals surface area contributed by atoms with Crippen molar-refractivity contribution >= 4 is 5.91 Å². The van der Waals surface area contributed by atoms with Crippen LogP contribution in [0.5, 0.6) is 0 Å². The summed E-state index contributed by atoms with van der Waals surface area (Å²) in [6.07, 6.45) is 8.79. The van der Waals surface area contributed by atoms with Crippen LogP contribution in [0.15, 0.2) is 12.2 Å². The second-order valence-corrected chi connectivity index (χ2v) is 4.90. The van der Waals surface area contributed by atoms with Crippen LogP contribution >= 0.6 is 0 Å². The zero-order valence-corrected chi connectivity index (χ0v) is 10.1. The number of amides is 1. The van der Waals surface area contributed by atoms with Crippen molar-refractivity contribution in [2.24, 2.45) is 5.92 Å². The summed E-state index contributed by atoms with van der Waals surface area (Å²) in [5.74, 6) is 0.489. The summed E-state index contributed by atoms with van der Waals surface area (Å²) >= 11 is 0. The second-order valence-electron chi connectivity index (χ2n) is 4.90. The van der Waals surface area contributed by atoms with Crippen molar-refractivity contribution in [3.8, 4) is 0 Å². The molecular formula is C13H22N2O. The van der Waals surface area contributed by atoms with E-state index in [0.717, 1.165) is 26.1 Å². The lowest BCUT2D eigenvalue weighted by Crippen LogP contribution is -2.46. The molecule has 2 rings (SSSR count). The molecule has 0 saturated carbocycles. The summed E-state index contributed by atoms with van der Waals surface area (Å²) in [6.45, 7) is 4.95. The maximum Gasteiger partial charge on any atom is 0.227 e. The van der Waals surface area contributed by atoms with Crippen molar-refractivity contribution in [1.29, 1.82) is 0 Å². The van der Waals surface area contributed by atoms with Crippen LogP contribution in [0, 0.1) is 5.92 Å². The number of hydrogen-bond acceptors (Lipinski definition) is 2. The summed E-state index contributed by atoms with van der Waals surface area (Å²) in [6, 6.07) is 0.296. The van der Waals surface area contributed by atoms with Gasteiger partial charge in [0.2, 0.25) is 5.91 Å². The van der Waals surface area contributed by atoms with Gasteiger partial charge in [-0.1, -0.05) is 12.2 Å². The topological polar surface area (TPSA) is 32.3 Å². The third kappa shape index (κ3) is 2.64. The molecule has 0 aromatic rings. The highest BCUT2D eigenvalue weighted by atomic mass is 16.2. The molecule has 2 aliphatic heterocycles. The SMILES string of the molecule is C[C@@H]1NCC=CC[C@@H]1C(=O)N1CCCCC1. The molecule has 2 heterocycles. The van der Waals surface area contributed by atoms with Crippen molar-refractivity contribution in [1.82, 2.24) is 10.2 Å². The minimum Gasteiger partial charge on any atom is -0.342 e. The summed E-state index contributed by atoms with van der Waals surface area (Å²) in [7, 11) is 0. The smallest absolute Gasteiger partial charge is 0.227 e. The molecule has 1 saturated heterocycles. The number of rotatable bonds is 1. The van der Waals surface area contributed by atoms with Gasteiger partial charge >= 0.3 is 0 Å². The van der Waals surface area contributed by atoms with E-state index in [1.54, 1.807) is 0 Å². The van der Waals surface area contributed by atoms with Gasteiger partial charge in [0.15, 0.2) is 0 Å². The minimum absolute atomic E-state index is 0.136. The van der Waals surface area contributed by atoms with Crippen LogP contribution in [-0.2, 0) is 4.79 Å². The summed E-state index contributed by atoms with van der Waals surface area (Å²) < 4.78 is 0. The highest BCUT2D eigenvalue weighted by Crippen LogP contribution is 2.19. The van der Waals surface area contributed by atoms with E-state index in [2.05, 4.69) is 29.3 Å². The van der Waals surface area contributed by atoms with Crippen molar-refractivity contribution in [2.75, 3.05) is 19.6 Å². The van der Waals surface area contributed by atoms with Gasteiger partial charge < -0.3 is 10.2 Å². The Balaban J connectivity index is 1.98. The monoisotopic (exact) mass is 222 g/mol. The number of piperidine rings is 1. The largest absolute Gasteiger partial charge is 0.342 e. The highest BCUT2D eigenvalue weighted by molar-refractivity contribution is 5.79. The zero-order chi connectivity index (χ0) is 11.4. The highest BCUT2D eigenvalue weighted by Gasteiger charge is 2.29. The molecule has 0 aromatic heterocycles. The Labute approximate surface area is 97.9 Å². The van der Waals surface area contributed by atoms with Gasteiger partial charge in [0.25, 0.3) is 0 Å². The number of hydrogen-bond donors (Lipinski definition) is 1. The lowest BCUT2D eigenvalue weighted by atomic mass is 9.95. The van der Waals surface area contributed by atoms with E-state index in [4.69, 9.17) is 0 Å². The molecule has 1 N–H and O–H groups in total. The zero-order valence-electron chi connectivity index (χ0n) is 10.1. The van der Waals surface area contributed by atoms with Crippen LogP contribution in [0.4, 0.5) is 0 Å². The normalized spacial score (nSPS) is 31.2. The van der Waals surface area contributed by atoms with Crippen LogP contribution in [0.2, 0.25) is 0 Å². The Morgan fingerprint density at radius 2 is 2.00 bits per heavy atom. The van der Waals surface area contributed by atoms with Gasteiger partial charge in [0.05, 0.1) is 5.92 Å². The molecule has 3 nitrogen and oxygen atoms in total. The molecule has 0 spiro atoms. The molecule has 1 fully saturated rings. The molecule has 1 amide bonds. The van der Waals surface area contributed by atoms with E-state index in [9.17, 15) is 4.79 Å². The molecule has 2 atom stereocenters. The fraction of sp³-hybridized carbons (Fsp3) is 0.769. The van der Waals surface area contributed by atoms with Gasteiger partial charge in [-0.3, -0.25) is 4.79 Å². The molecule has 0 aliphatic carbocycles. The van der Waals surface area contributed by atoms with Crippen molar-refractivity contribution in [3.63, 3.8) is 0 Å². The van der Waals surface area contributed by atoms with E-state index < -0.39 is 0 Å². The van der Waals surface area contributed by atoms with Crippen LogP contribution in [-0.4, -0.2) is 36.5 Å². The van der Waals surface area contributed by atoms with E-state index in [0.29, 0.717) is 11.9 Å². The second kappa shape index (κ2) is 5.48. The van der Waals surface area contributed by atoms with Gasteiger partial charge in [-0.25, -0.2) is 0 Å². The van der Waals surface area contributed by atoms with Crippen molar-refractivity contribution in [3.05, 3.63) is 12.2 Å². The predicted molar refractivity (Wildman–Crippen MR) is 65.1 cm³/mol. The first kappa shape index (κ1) is 11.6. The Hall–Kier alpha value is -0.830. The molecule has 0 aromatic carbocycles. The van der Waals surface area contributed by atoms with Gasteiger partial charge in [-0.05, 0) is 32.6 Å². The van der Waals surface area contributed by atoms with E-state index in [1.807, 2.05) is 0 Å².